The third kappa shape index (κ3) is 2.64. The number of ether oxygens (including phenoxy) is 1. The molecule has 100 valence electrons. The lowest BCUT2D eigenvalue weighted by molar-refractivity contribution is 0.158. The fourth-order valence-corrected chi connectivity index (χ4v) is 2.72. The first-order valence-corrected chi connectivity index (χ1v) is 7.11. The Labute approximate surface area is 121 Å². The predicted molar refractivity (Wildman–Crippen MR) is 78.3 cm³/mol. The zero-order valence-corrected chi connectivity index (χ0v) is 11.8. The minimum atomic E-state index is 0.216. The Kier molecular flexibility index (Phi) is 3.78. The van der Waals surface area contributed by atoms with Crippen molar-refractivity contribution in [3.05, 3.63) is 34.4 Å². The van der Waals surface area contributed by atoms with Gasteiger partial charge in [0, 0.05) is 17.0 Å². The fourth-order valence-electron chi connectivity index (χ4n) is 2.33. The van der Waals surface area contributed by atoms with E-state index in [0.29, 0.717) is 15.9 Å². The summed E-state index contributed by atoms with van der Waals surface area (Å²) in [5, 5.41) is 6.21. The number of halogens is 2. The molecular formula is C14H14Cl2N2O. The Morgan fingerprint density at radius 2 is 1.89 bits per heavy atom. The number of aromatic nitrogens is 1. The smallest absolute Gasteiger partial charge is 0.221 e. The minimum absolute atomic E-state index is 0.216. The molecule has 1 aliphatic heterocycles. The molecular weight excluding hydrogens is 283 g/mol. The summed E-state index contributed by atoms with van der Waals surface area (Å²) in [6.45, 7) is 1.98. The van der Waals surface area contributed by atoms with E-state index in [4.69, 9.17) is 27.9 Å². The van der Waals surface area contributed by atoms with Crippen molar-refractivity contribution in [3.8, 4) is 5.88 Å². The molecule has 0 radical (unpaired) electrons. The van der Waals surface area contributed by atoms with E-state index in [1.807, 2.05) is 12.1 Å². The summed E-state index contributed by atoms with van der Waals surface area (Å²) in [6.07, 6.45) is 3.92. The molecule has 0 atom stereocenters. The van der Waals surface area contributed by atoms with Gasteiger partial charge in [-0.25, -0.2) is 4.98 Å². The van der Waals surface area contributed by atoms with Gasteiger partial charge in [0.25, 0.3) is 0 Å². The minimum Gasteiger partial charge on any atom is -0.474 e. The van der Waals surface area contributed by atoms with Gasteiger partial charge in [0.1, 0.15) is 6.10 Å². The molecule has 2 heterocycles. The van der Waals surface area contributed by atoms with Crippen LogP contribution in [0.2, 0.25) is 10.0 Å². The van der Waals surface area contributed by atoms with E-state index >= 15 is 0 Å². The van der Waals surface area contributed by atoms with E-state index in [-0.39, 0.29) is 6.10 Å². The predicted octanol–water partition coefficient (Wildman–Crippen LogP) is 3.67. The second kappa shape index (κ2) is 5.53. The van der Waals surface area contributed by atoms with Crippen molar-refractivity contribution in [3.63, 3.8) is 0 Å². The molecule has 0 saturated carbocycles. The largest absolute Gasteiger partial charge is 0.474 e. The van der Waals surface area contributed by atoms with Crippen LogP contribution in [-0.2, 0) is 0 Å². The maximum atomic E-state index is 6.22. The highest BCUT2D eigenvalue weighted by atomic mass is 35.5. The molecule has 3 nitrogen and oxygen atoms in total. The molecule has 2 aromatic rings. The van der Waals surface area contributed by atoms with E-state index in [0.717, 1.165) is 36.7 Å². The molecule has 0 unspecified atom stereocenters. The van der Waals surface area contributed by atoms with Gasteiger partial charge in [0.15, 0.2) is 0 Å². The van der Waals surface area contributed by atoms with Gasteiger partial charge in [0.05, 0.1) is 10.0 Å². The maximum Gasteiger partial charge on any atom is 0.221 e. The molecule has 1 aliphatic rings. The zero-order valence-electron chi connectivity index (χ0n) is 10.3. The third-order valence-electron chi connectivity index (χ3n) is 3.36. The molecule has 3 rings (SSSR count). The van der Waals surface area contributed by atoms with Crippen LogP contribution in [-0.4, -0.2) is 24.2 Å². The summed E-state index contributed by atoms with van der Waals surface area (Å²) in [4.78, 5) is 4.33. The van der Waals surface area contributed by atoms with Crippen LogP contribution in [0, 0.1) is 0 Å². The van der Waals surface area contributed by atoms with Gasteiger partial charge in [-0.05, 0) is 44.1 Å². The van der Waals surface area contributed by atoms with Gasteiger partial charge in [-0.3, -0.25) is 0 Å². The first-order chi connectivity index (χ1) is 9.25. The molecule has 1 saturated heterocycles. The summed E-state index contributed by atoms with van der Waals surface area (Å²) in [5.74, 6) is 0.642. The van der Waals surface area contributed by atoms with Gasteiger partial charge in [-0.2, -0.15) is 0 Å². The van der Waals surface area contributed by atoms with E-state index in [9.17, 15) is 0 Å². The monoisotopic (exact) mass is 296 g/mol. The van der Waals surface area contributed by atoms with Crippen LogP contribution in [0.5, 0.6) is 5.88 Å². The number of benzene rings is 1. The average Bonchev–Trinajstić information content (AvgIpc) is 2.45. The van der Waals surface area contributed by atoms with Crippen LogP contribution < -0.4 is 10.1 Å². The van der Waals surface area contributed by atoms with E-state index in [1.54, 1.807) is 12.3 Å². The molecule has 1 fully saturated rings. The van der Waals surface area contributed by atoms with E-state index in [1.165, 1.54) is 0 Å². The number of nitrogens with zero attached hydrogens (tertiary/aromatic N) is 1. The summed E-state index contributed by atoms with van der Waals surface area (Å²) in [7, 11) is 0. The highest BCUT2D eigenvalue weighted by Gasteiger charge is 2.17. The van der Waals surface area contributed by atoms with Gasteiger partial charge in [0.2, 0.25) is 5.88 Å². The summed E-state index contributed by atoms with van der Waals surface area (Å²) < 4.78 is 6.01. The molecule has 1 aromatic carbocycles. The Bertz CT molecular complexity index is 597. The van der Waals surface area contributed by atoms with Crippen LogP contribution in [0.4, 0.5) is 0 Å². The molecule has 0 amide bonds. The molecule has 0 spiro atoms. The maximum absolute atomic E-state index is 6.22. The van der Waals surface area contributed by atoms with Crippen LogP contribution in [0.3, 0.4) is 0 Å². The molecule has 1 aromatic heterocycles. The Balaban J connectivity index is 1.97. The van der Waals surface area contributed by atoms with Crippen molar-refractivity contribution in [1.82, 2.24) is 10.3 Å². The lowest BCUT2D eigenvalue weighted by Gasteiger charge is -2.23. The summed E-state index contributed by atoms with van der Waals surface area (Å²) in [6, 6.07) is 5.55. The van der Waals surface area contributed by atoms with Crippen molar-refractivity contribution in [1.29, 1.82) is 0 Å². The van der Waals surface area contributed by atoms with Gasteiger partial charge in [-0.15, -0.1) is 0 Å². The zero-order chi connectivity index (χ0) is 13.2. The number of hydrogen-bond acceptors (Lipinski definition) is 3. The van der Waals surface area contributed by atoms with Gasteiger partial charge < -0.3 is 10.1 Å². The standard InChI is InChI=1S/C14H14Cl2N2O/c15-12-2-1-11-10(13(12)16)5-8-18-14(11)19-9-3-6-17-7-4-9/h1-2,5,8-9,17H,3-4,6-7H2. The molecule has 1 N–H and O–H groups in total. The van der Waals surface area contributed by atoms with Crippen LogP contribution >= 0.6 is 23.2 Å². The van der Waals surface area contributed by atoms with Crippen molar-refractivity contribution in [2.75, 3.05) is 13.1 Å². The SMILES string of the molecule is Clc1ccc2c(OC3CCNCC3)nccc2c1Cl. The van der Waals surface area contributed by atoms with Crippen molar-refractivity contribution < 1.29 is 4.74 Å². The van der Waals surface area contributed by atoms with Crippen molar-refractivity contribution >= 4 is 34.0 Å². The molecule has 5 heteroatoms. The lowest BCUT2D eigenvalue weighted by atomic mass is 10.1. The topological polar surface area (TPSA) is 34.1 Å². The third-order valence-corrected chi connectivity index (χ3v) is 4.18. The number of fused-ring (bicyclic) bond motifs is 1. The Morgan fingerprint density at radius 1 is 1.11 bits per heavy atom. The number of pyridine rings is 1. The van der Waals surface area contributed by atoms with Gasteiger partial charge >= 0.3 is 0 Å². The molecule has 0 bridgehead atoms. The fraction of sp³-hybridized carbons (Fsp3) is 0.357. The summed E-state index contributed by atoms with van der Waals surface area (Å²) >= 11 is 12.2. The quantitative estimate of drug-likeness (QED) is 0.918. The molecule has 0 aliphatic carbocycles. The number of piperidine rings is 1. The second-order valence-corrected chi connectivity index (χ2v) is 5.42. The average molecular weight is 297 g/mol. The van der Waals surface area contributed by atoms with Crippen molar-refractivity contribution in [2.24, 2.45) is 0 Å². The highest BCUT2D eigenvalue weighted by molar-refractivity contribution is 6.45. The van der Waals surface area contributed by atoms with Crippen LogP contribution in [0.1, 0.15) is 12.8 Å². The number of nitrogens with one attached hydrogen (secondary N) is 1. The van der Waals surface area contributed by atoms with Crippen LogP contribution in [0.25, 0.3) is 10.8 Å². The van der Waals surface area contributed by atoms with Gasteiger partial charge in [-0.1, -0.05) is 23.2 Å². The van der Waals surface area contributed by atoms with Crippen molar-refractivity contribution in [2.45, 2.75) is 18.9 Å². The number of rotatable bonds is 2. The highest BCUT2D eigenvalue weighted by Crippen LogP contribution is 2.34. The Morgan fingerprint density at radius 3 is 2.68 bits per heavy atom. The first kappa shape index (κ1) is 13.0. The molecule has 19 heavy (non-hydrogen) atoms. The number of hydrogen-bond donors (Lipinski definition) is 1. The lowest BCUT2D eigenvalue weighted by Crippen LogP contribution is -2.34. The second-order valence-electron chi connectivity index (χ2n) is 4.64. The van der Waals surface area contributed by atoms with E-state index in [2.05, 4.69) is 10.3 Å². The normalized spacial score (nSPS) is 16.7. The Hall–Kier alpha value is -1.03. The summed E-state index contributed by atoms with van der Waals surface area (Å²) in [5.41, 5.74) is 0. The first-order valence-electron chi connectivity index (χ1n) is 6.36. The van der Waals surface area contributed by atoms with E-state index < -0.39 is 0 Å². The van der Waals surface area contributed by atoms with Crippen LogP contribution in [0.15, 0.2) is 24.4 Å².